The molecule has 1 saturated carbocycles. The molecule has 0 unspecified atom stereocenters. The lowest BCUT2D eigenvalue weighted by Crippen LogP contribution is -2.36. The smallest absolute Gasteiger partial charge is 0.136 e. The summed E-state index contributed by atoms with van der Waals surface area (Å²) >= 11 is 0. The summed E-state index contributed by atoms with van der Waals surface area (Å²) in [6.07, 6.45) is 4.96. The van der Waals surface area contributed by atoms with Crippen LogP contribution in [0.25, 0.3) is 11.0 Å². The van der Waals surface area contributed by atoms with E-state index in [1.54, 1.807) is 0 Å². The predicted octanol–water partition coefficient (Wildman–Crippen LogP) is 5.25. The van der Waals surface area contributed by atoms with Crippen LogP contribution in [-0.4, -0.2) is 5.11 Å². The van der Waals surface area contributed by atoms with Gasteiger partial charge in [0.2, 0.25) is 0 Å². The predicted molar refractivity (Wildman–Crippen MR) is 86.1 cm³/mol. The maximum atomic E-state index is 11.0. The van der Waals surface area contributed by atoms with Gasteiger partial charge in [-0.3, -0.25) is 0 Å². The minimum Gasteiger partial charge on any atom is -0.458 e. The Morgan fingerprint density at radius 2 is 1.90 bits per heavy atom. The fourth-order valence-electron chi connectivity index (χ4n) is 3.62. The highest BCUT2D eigenvalue weighted by Crippen LogP contribution is 2.47. The maximum Gasteiger partial charge on any atom is 0.136 e. The average molecular weight is 286 g/mol. The molecule has 0 atom stereocenters. The van der Waals surface area contributed by atoms with Crippen LogP contribution in [0.15, 0.2) is 34.7 Å². The lowest BCUT2D eigenvalue weighted by molar-refractivity contribution is -0.0470. The van der Waals surface area contributed by atoms with E-state index in [2.05, 4.69) is 20.8 Å². The van der Waals surface area contributed by atoms with Gasteiger partial charge >= 0.3 is 0 Å². The molecule has 3 rings (SSSR count). The summed E-state index contributed by atoms with van der Waals surface area (Å²) in [5.74, 6) is 1.45. The summed E-state index contributed by atoms with van der Waals surface area (Å²) < 4.78 is 5.91. The molecule has 1 aliphatic rings. The van der Waals surface area contributed by atoms with Gasteiger partial charge in [-0.15, -0.1) is 0 Å². The standard InChI is InChI=1S/C19H26O2/c1-4-18(2,3)15-9-11-19(20,12-10-15)17-13-14-7-5-6-8-16(14)21-17/h5-8,13,15,20H,4,9-12H2,1-3H3. The number of para-hydroxylation sites is 1. The van der Waals surface area contributed by atoms with Crippen LogP contribution in [0.4, 0.5) is 0 Å². The first kappa shape index (κ1) is 14.6. The van der Waals surface area contributed by atoms with E-state index in [1.165, 1.54) is 6.42 Å². The molecule has 0 amide bonds. The van der Waals surface area contributed by atoms with E-state index >= 15 is 0 Å². The molecule has 1 fully saturated rings. The number of fused-ring (bicyclic) bond motifs is 1. The van der Waals surface area contributed by atoms with Crippen LogP contribution >= 0.6 is 0 Å². The zero-order valence-corrected chi connectivity index (χ0v) is 13.4. The molecule has 0 bridgehead atoms. The van der Waals surface area contributed by atoms with Crippen molar-refractivity contribution >= 4 is 11.0 Å². The molecule has 114 valence electrons. The number of hydrogen-bond donors (Lipinski definition) is 1. The maximum absolute atomic E-state index is 11.0. The second-order valence-electron chi connectivity index (χ2n) is 7.30. The van der Waals surface area contributed by atoms with Gasteiger partial charge in [0.25, 0.3) is 0 Å². The van der Waals surface area contributed by atoms with Gasteiger partial charge < -0.3 is 9.52 Å². The molecule has 0 saturated heterocycles. The third kappa shape index (κ3) is 2.62. The minimum absolute atomic E-state index is 0.370. The average Bonchev–Trinajstić information content (AvgIpc) is 2.92. The Labute approximate surface area is 127 Å². The molecule has 0 spiro atoms. The van der Waals surface area contributed by atoms with Crippen LogP contribution in [0.3, 0.4) is 0 Å². The summed E-state index contributed by atoms with van der Waals surface area (Å²) in [6.45, 7) is 6.96. The Morgan fingerprint density at radius 1 is 1.24 bits per heavy atom. The normalized spacial score (nSPS) is 27.1. The SMILES string of the molecule is CCC(C)(C)C1CCC(O)(c2cc3ccccc3o2)CC1. The second-order valence-corrected chi connectivity index (χ2v) is 7.30. The molecule has 1 aromatic carbocycles. The first-order chi connectivity index (χ1) is 9.94. The fourth-order valence-corrected chi connectivity index (χ4v) is 3.62. The zero-order chi connectivity index (χ0) is 15.1. The van der Waals surface area contributed by atoms with E-state index < -0.39 is 5.60 Å². The highest BCUT2D eigenvalue weighted by molar-refractivity contribution is 5.77. The summed E-state index contributed by atoms with van der Waals surface area (Å²) in [7, 11) is 0. The Kier molecular flexibility index (Phi) is 3.61. The van der Waals surface area contributed by atoms with E-state index in [-0.39, 0.29) is 0 Å². The summed E-state index contributed by atoms with van der Waals surface area (Å²) in [5, 5.41) is 12.1. The topological polar surface area (TPSA) is 33.4 Å². The van der Waals surface area contributed by atoms with Crippen LogP contribution < -0.4 is 0 Å². The van der Waals surface area contributed by atoms with Gasteiger partial charge in [-0.1, -0.05) is 45.4 Å². The van der Waals surface area contributed by atoms with Crippen molar-refractivity contribution in [2.45, 2.75) is 58.5 Å². The highest BCUT2D eigenvalue weighted by atomic mass is 16.4. The molecular formula is C19H26O2. The number of furan rings is 1. The van der Waals surface area contributed by atoms with Gasteiger partial charge in [-0.05, 0) is 49.1 Å². The van der Waals surface area contributed by atoms with E-state index in [1.807, 2.05) is 30.3 Å². The van der Waals surface area contributed by atoms with Crippen molar-refractivity contribution < 1.29 is 9.52 Å². The molecule has 0 aliphatic heterocycles. The quantitative estimate of drug-likeness (QED) is 0.836. The lowest BCUT2D eigenvalue weighted by Gasteiger charge is -2.41. The number of benzene rings is 1. The first-order valence-corrected chi connectivity index (χ1v) is 8.16. The second kappa shape index (κ2) is 5.17. The van der Waals surface area contributed by atoms with Crippen molar-refractivity contribution in [3.8, 4) is 0 Å². The van der Waals surface area contributed by atoms with Gasteiger partial charge in [-0.2, -0.15) is 0 Å². The van der Waals surface area contributed by atoms with Crippen LogP contribution in [0.5, 0.6) is 0 Å². The number of rotatable bonds is 3. The monoisotopic (exact) mass is 286 g/mol. The van der Waals surface area contributed by atoms with Gasteiger partial charge in [0.05, 0.1) is 0 Å². The van der Waals surface area contributed by atoms with E-state index in [4.69, 9.17) is 4.42 Å². The van der Waals surface area contributed by atoms with Crippen LogP contribution in [0, 0.1) is 11.3 Å². The van der Waals surface area contributed by atoms with Crippen molar-refractivity contribution in [1.29, 1.82) is 0 Å². The van der Waals surface area contributed by atoms with Crippen molar-refractivity contribution in [3.05, 3.63) is 36.1 Å². The molecule has 2 nitrogen and oxygen atoms in total. The van der Waals surface area contributed by atoms with Gasteiger partial charge in [0.1, 0.15) is 16.9 Å². The molecule has 2 aromatic rings. The fraction of sp³-hybridized carbons (Fsp3) is 0.579. The Morgan fingerprint density at radius 3 is 2.52 bits per heavy atom. The number of hydrogen-bond acceptors (Lipinski definition) is 2. The van der Waals surface area contributed by atoms with Crippen LogP contribution in [-0.2, 0) is 5.60 Å². The summed E-state index contributed by atoms with van der Waals surface area (Å²) in [6, 6.07) is 10.00. The van der Waals surface area contributed by atoms with Gasteiger partial charge in [-0.25, -0.2) is 0 Å². The van der Waals surface area contributed by atoms with E-state index in [0.717, 1.165) is 42.4 Å². The molecule has 1 N–H and O–H groups in total. The first-order valence-electron chi connectivity index (χ1n) is 8.16. The van der Waals surface area contributed by atoms with Crippen molar-refractivity contribution in [3.63, 3.8) is 0 Å². The van der Waals surface area contributed by atoms with Gasteiger partial charge in [0.15, 0.2) is 0 Å². The van der Waals surface area contributed by atoms with Crippen molar-refractivity contribution in [2.75, 3.05) is 0 Å². The molecule has 2 heteroatoms. The minimum atomic E-state index is -0.778. The van der Waals surface area contributed by atoms with Crippen molar-refractivity contribution in [1.82, 2.24) is 0 Å². The van der Waals surface area contributed by atoms with Crippen LogP contribution in [0.1, 0.15) is 58.6 Å². The van der Waals surface area contributed by atoms with Gasteiger partial charge in [0, 0.05) is 5.39 Å². The van der Waals surface area contributed by atoms with E-state index in [9.17, 15) is 5.11 Å². The van der Waals surface area contributed by atoms with Crippen LogP contribution in [0.2, 0.25) is 0 Å². The third-order valence-electron chi connectivity index (χ3n) is 5.71. The molecule has 1 heterocycles. The zero-order valence-electron chi connectivity index (χ0n) is 13.4. The van der Waals surface area contributed by atoms with E-state index in [0.29, 0.717) is 11.3 Å². The highest BCUT2D eigenvalue weighted by Gasteiger charge is 2.41. The van der Waals surface area contributed by atoms with Crippen molar-refractivity contribution in [2.24, 2.45) is 11.3 Å². The molecular weight excluding hydrogens is 260 g/mol. The summed E-state index contributed by atoms with van der Waals surface area (Å²) in [4.78, 5) is 0. The lowest BCUT2D eigenvalue weighted by atomic mass is 9.66. The summed E-state index contributed by atoms with van der Waals surface area (Å²) in [5.41, 5.74) is 0.464. The Hall–Kier alpha value is -1.28. The Bertz CT molecular complexity index is 582. The number of aliphatic hydroxyl groups is 1. The molecule has 0 radical (unpaired) electrons. The Balaban J connectivity index is 1.80. The third-order valence-corrected chi connectivity index (χ3v) is 5.71. The molecule has 1 aliphatic carbocycles. The largest absolute Gasteiger partial charge is 0.458 e. The molecule has 1 aromatic heterocycles. The molecule has 21 heavy (non-hydrogen) atoms.